The maximum Gasteiger partial charge on any atom is 0.210 e. The van der Waals surface area contributed by atoms with E-state index in [1.54, 1.807) is 66.7 Å². The van der Waals surface area contributed by atoms with Crippen LogP contribution < -0.4 is 4.74 Å². The largest absolute Gasteiger partial charge is 0.456 e. The fourth-order valence-corrected chi connectivity index (χ4v) is 7.09. The highest BCUT2D eigenvalue weighted by Gasteiger charge is 2.23. The number of para-hydroxylation sites is 2. The van der Waals surface area contributed by atoms with Crippen molar-refractivity contribution in [1.82, 2.24) is 0 Å². The summed E-state index contributed by atoms with van der Waals surface area (Å²) in [5.41, 5.74) is 1.47. The number of benzene rings is 5. The normalized spacial score (nSPS) is 11.7. The molecule has 0 aromatic heterocycles. The summed E-state index contributed by atoms with van der Waals surface area (Å²) >= 11 is 6.10. The molecule has 0 aliphatic rings. The van der Waals surface area contributed by atoms with Crippen LogP contribution in [0.25, 0.3) is 11.1 Å². The fraction of sp³-hybridized carbons (Fsp3) is 0. The molecule has 0 radical (unpaired) electrons. The molecule has 0 N–H and O–H groups in total. The van der Waals surface area contributed by atoms with E-state index in [4.69, 9.17) is 16.3 Å². The van der Waals surface area contributed by atoms with Gasteiger partial charge in [-0.15, -0.1) is 0 Å². The molecule has 0 heterocycles. The molecule has 5 rings (SSSR count). The van der Waals surface area contributed by atoms with Crippen LogP contribution in [0.1, 0.15) is 0 Å². The van der Waals surface area contributed by atoms with Crippen molar-refractivity contribution >= 4 is 31.3 Å². The van der Waals surface area contributed by atoms with Crippen LogP contribution in [-0.2, 0) is 19.7 Å². The topological polar surface area (TPSA) is 77.5 Å². The number of halogens is 1. The molecule has 0 amide bonds. The first-order valence-corrected chi connectivity index (χ1v) is 14.9. The van der Waals surface area contributed by atoms with Gasteiger partial charge in [-0.1, -0.05) is 78.3 Å². The Bertz CT molecular complexity index is 1800. The Balaban J connectivity index is 1.41. The first kappa shape index (κ1) is 25.7. The zero-order chi connectivity index (χ0) is 26.8. The number of hydrogen-bond acceptors (Lipinski definition) is 5. The third-order valence-corrected chi connectivity index (χ3v) is 9.98. The molecule has 0 fully saturated rings. The molecule has 0 unspecified atom stereocenters. The Hall–Kier alpha value is -3.91. The van der Waals surface area contributed by atoms with E-state index in [9.17, 15) is 16.8 Å². The predicted octanol–water partition coefficient (Wildman–Crippen LogP) is 7.46. The molecule has 5 aromatic rings. The van der Waals surface area contributed by atoms with E-state index in [-0.39, 0.29) is 30.4 Å². The second kappa shape index (κ2) is 10.5. The number of hydrogen-bond donors (Lipinski definition) is 0. The van der Waals surface area contributed by atoms with Crippen LogP contribution in [0.15, 0.2) is 147 Å². The van der Waals surface area contributed by atoms with E-state index in [1.165, 1.54) is 42.5 Å². The summed E-state index contributed by atoms with van der Waals surface area (Å²) in [5.74, 6) is 0.767. The van der Waals surface area contributed by atoms with Crippen LogP contribution in [0.5, 0.6) is 11.5 Å². The van der Waals surface area contributed by atoms with Crippen molar-refractivity contribution < 1.29 is 21.6 Å². The predicted molar refractivity (Wildman–Crippen MR) is 147 cm³/mol. The minimum atomic E-state index is -3.87. The van der Waals surface area contributed by atoms with Gasteiger partial charge in [0.15, 0.2) is 0 Å². The maximum atomic E-state index is 13.5. The lowest BCUT2D eigenvalue weighted by Gasteiger charge is -2.12. The SMILES string of the molecule is O=S(=O)(c1ccc(-c2ccc(S(=O)(=O)c3ccccc3Oc3ccccc3)cc2)cc1)c1ccccc1Cl. The average molecular weight is 561 g/mol. The highest BCUT2D eigenvalue weighted by molar-refractivity contribution is 7.92. The van der Waals surface area contributed by atoms with E-state index >= 15 is 0 Å². The Morgan fingerprint density at radius 1 is 0.474 bits per heavy atom. The summed E-state index contributed by atoms with van der Waals surface area (Å²) in [5, 5.41) is 0.157. The van der Waals surface area contributed by atoms with Gasteiger partial charge in [-0.05, 0) is 71.8 Å². The van der Waals surface area contributed by atoms with E-state index in [0.717, 1.165) is 11.1 Å². The molecule has 5 aromatic carbocycles. The third-order valence-electron chi connectivity index (χ3n) is 5.90. The van der Waals surface area contributed by atoms with Gasteiger partial charge in [-0.2, -0.15) is 0 Å². The smallest absolute Gasteiger partial charge is 0.210 e. The zero-order valence-electron chi connectivity index (χ0n) is 19.9. The number of ether oxygens (including phenoxy) is 1. The third kappa shape index (κ3) is 5.09. The van der Waals surface area contributed by atoms with Crippen LogP contribution in [-0.4, -0.2) is 16.8 Å². The number of rotatable bonds is 7. The maximum absolute atomic E-state index is 13.5. The average Bonchev–Trinajstić information content (AvgIpc) is 2.94. The number of sulfone groups is 2. The van der Waals surface area contributed by atoms with E-state index in [1.807, 2.05) is 18.2 Å². The lowest BCUT2D eigenvalue weighted by atomic mass is 10.1. The second-order valence-electron chi connectivity index (χ2n) is 8.35. The van der Waals surface area contributed by atoms with Crippen LogP contribution in [0.3, 0.4) is 0 Å². The molecule has 0 bridgehead atoms. The monoisotopic (exact) mass is 560 g/mol. The van der Waals surface area contributed by atoms with Gasteiger partial charge in [0, 0.05) is 0 Å². The van der Waals surface area contributed by atoms with E-state index in [0.29, 0.717) is 5.75 Å². The highest BCUT2D eigenvalue weighted by Crippen LogP contribution is 2.34. The minimum Gasteiger partial charge on any atom is -0.456 e. The van der Waals surface area contributed by atoms with E-state index < -0.39 is 19.7 Å². The molecule has 8 heteroatoms. The molecular formula is C30H21ClO5S2. The Labute approximate surface area is 226 Å². The lowest BCUT2D eigenvalue weighted by Crippen LogP contribution is -2.04. The fourth-order valence-electron chi connectivity index (χ4n) is 3.94. The molecule has 190 valence electrons. The van der Waals surface area contributed by atoms with Gasteiger partial charge in [0.2, 0.25) is 19.7 Å². The summed E-state index contributed by atoms with van der Waals surface area (Å²) in [7, 11) is -7.64. The van der Waals surface area contributed by atoms with Crippen molar-refractivity contribution in [3.05, 3.63) is 132 Å². The standard InChI is InChI=1S/C30H21ClO5S2/c31-27-10-4-6-12-29(27)37(32,33)25-18-14-22(15-19-25)23-16-20-26(21-17-23)38(34,35)30-13-7-5-11-28(30)36-24-8-2-1-3-9-24/h1-21H. The molecular weight excluding hydrogens is 540 g/mol. The van der Waals surface area contributed by atoms with Crippen LogP contribution in [0, 0.1) is 0 Å². The van der Waals surface area contributed by atoms with Crippen LogP contribution in [0.2, 0.25) is 5.02 Å². The molecule has 38 heavy (non-hydrogen) atoms. The van der Waals surface area contributed by atoms with Crippen molar-refractivity contribution in [1.29, 1.82) is 0 Å². The van der Waals surface area contributed by atoms with Crippen molar-refractivity contribution in [3.8, 4) is 22.6 Å². The molecule has 0 aliphatic heterocycles. The van der Waals surface area contributed by atoms with Crippen molar-refractivity contribution in [3.63, 3.8) is 0 Å². The highest BCUT2D eigenvalue weighted by atomic mass is 35.5. The van der Waals surface area contributed by atoms with Gasteiger partial charge in [0.1, 0.15) is 16.4 Å². The summed E-state index contributed by atoms with van der Waals surface area (Å²) in [4.78, 5) is 0.332. The Morgan fingerprint density at radius 3 is 1.47 bits per heavy atom. The summed E-state index contributed by atoms with van der Waals surface area (Å²) in [6, 6.07) is 34.6. The van der Waals surface area contributed by atoms with Gasteiger partial charge in [0.05, 0.1) is 19.7 Å². The molecule has 0 saturated heterocycles. The van der Waals surface area contributed by atoms with Gasteiger partial charge < -0.3 is 4.74 Å². The van der Waals surface area contributed by atoms with Gasteiger partial charge >= 0.3 is 0 Å². The molecule has 0 atom stereocenters. The Morgan fingerprint density at radius 2 is 0.921 bits per heavy atom. The quantitative estimate of drug-likeness (QED) is 0.206. The first-order valence-electron chi connectivity index (χ1n) is 11.5. The van der Waals surface area contributed by atoms with Crippen LogP contribution in [0.4, 0.5) is 0 Å². The first-order chi connectivity index (χ1) is 18.3. The lowest BCUT2D eigenvalue weighted by molar-refractivity contribution is 0.467. The molecule has 5 nitrogen and oxygen atoms in total. The van der Waals surface area contributed by atoms with Gasteiger partial charge in [-0.25, -0.2) is 16.8 Å². The zero-order valence-corrected chi connectivity index (χ0v) is 22.2. The summed E-state index contributed by atoms with van der Waals surface area (Å²) in [6.07, 6.45) is 0. The van der Waals surface area contributed by atoms with Crippen molar-refractivity contribution in [2.45, 2.75) is 19.6 Å². The minimum absolute atomic E-state index is 0.0421. The van der Waals surface area contributed by atoms with Crippen molar-refractivity contribution in [2.24, 2.45) is 0 Å². The van der Waals surface area contributed by atoms with Gasteiger partial charge in [-0.3, -0.25) is 0 Å². The van der Waals surface area contributed by atoms with Gasteiger partial charge in [0.25, 0.3) is 0 Å². The van der Waals surface area contributed by atoms with E-state index in [2.05, 4.69) is 0 Å². The summed E-state index contributed by atoms with van der Waals surface area (Å²) < 4.78 is 58.7. The molecule has 0 saturated carbocycles. The van der Waals surface area contributed by atoms with Crippen LogP contribution >= 0.6 is 11.6 Å². The Kier molecular flexibility index (Phi) is 7.08. The second-order valence-corrected chi connectivity index (χ2v) is 12.6. The molecule has 0 aliphatic carbocycles. The van der Waals surface area contributed by atoms with Crippen molar-refractivity contribution in [2.75, 3.05) is 0 Å². The summed E-state index contributed by atoms with van der Waals surface area (Å²) in [6.45, 7) is 0. The molecule has 0 spiro atoms.